The molecular formula is C16H18N2OS. The monoisotopic (exact) mass is 286 g/mol. The second-order valence-corrected chi connectivity index (χ2v) is 6.03. The number of hydrogen-bond acceptors (Lipinski definition) is 3. The van der Waals surface area contributed by atoms with E-state index in [9.17, 15) is 4.79 Å². The molecular weight excluding hydrogens is 268 g/mol. The molecule has 2 heterocycles. The average Bonchev–Trinajstić information content (AvgIpc) is 2.96. The number of amides is 1. The van der Waals surface area contributed by atoms with Crippen molar-refractivity contribution in [3.63, 3.8) is 0 Å². The highest BCUT2D eigenvalue weighted by Crippen LogP contribution is 2.32. The first-order chi connectivity index (χ1) is 9.75. The highest BCUT2D eigenvalue weighted by Gasteiger charge is 2.27. The van der Waals surface area contributed by atoms with Crippen LogP contribution in [0.5, 0.6) is 0 Å². The van der Waals surface area contributed by atoms with Crippen LogP contribution in [0, 0.1) is 0 Å². The highest BCUT2D eigenvalue weighted by atomic mass is 32.1. The smallest absolute Gasteiger partial charge is 0.242 e. The quantitative estimate of drug-likeness (QED) is 0.939. The molecule has 1 amide bonds. The number of nitrogens with zero attached hydrogens (tertiary/aromatic N) is 1. The maximum absolute atomic E-state index is 12.4. The fourth-order valence-corrected chi connectivity index (χ4v) is 3.65. The van der Waals surface area contributed by atoms with Crippen LogP contribution in [0.15, 0.2) is 41.8 Å². The molecule has 1 unspecified atom stereocenters. The predicted octanol–water partition coefficient (Wildman–Crippen LogP) is 3.31. The standard InChI is InChI=1S/C16H18N2OS/c1-12-14-8-10-20-15(14)7-9-18(12)16(19)11-17-13-5-3-2-4-6-13/h2-6,8,10,12,17H,7,9,11H2,1H3. The number of nitrogens with one attached hydrogen (secondary N) is 1. The van der Waals surface area contributed by atoms with Gasteiger partial charge in [0.25, 0.3) is 0 Å². The van der Waals surface area contributed by atoms with E-state index in [2.05, 4.69) is 23.7 Å². The molecule has 0 radical (unpaired) electrons. The van der Waals surface area contributed by atoms with Crippen LogP contribution in [0.1, 0.15) is 23.4 Å². The van der Waals surface area contributed by atoms with Gasteiger partial charge in [0, 0.05) is 17.1 Å². The zero-order chi connectivity index (χ0) is 13.9. The molecule has 3 nitrogen and oxygen atoms in total. The van der Waals surface area contributed by atoms with Crippen LogP contribution >= 0.6 is 11.3 Å². The summed E-state index contributed by atoms with van der Waals surface area (Å²) in [6.45, 7) is 3.29. The number of anilines is 1. The van der Waals surface area contributed by atoms with Gasteiger partial charge in [0.05, 0.1) is 12.6 Å². The van der Waals surface area contributed by atoms with Gasteiger partial charge in [0.2, 0.25) is 5.91 Å². The first kappa shape index (κ1) is 13.2. The molecule has 0 saturated carbocycles. The van der Waals surface area contributed by atoms with E-state index in [1.165, 1.54) is 10.4 Å². The Bertz CT molecular complexity index is 594. The predicted molar refractivity (Wildman–Crippen MR) is 83.1 cm³/mol. The SMILES string of the molecule is CC1c2ccsc2CCN1C(=O)CNc1ccccc1. The molecule has 4 heteroatoms. The molecule has 20 heavy (non-hydrogen) atoms. The maximum Gasteiger partial charge on any atom is 0.242 e. The van der Waals surface area contributed by atoms with Crippen LogP contribution in [0.4, 0.5) is 5.69 Å². The summed E-state index contributed by atoms with van der Waals surface area (Å²) >= 11 is 1.80. The van der Waals surface area contributed by atoms with E-state index in [-0.39, 0.29) is 11.9 Å². The third kappa shape index (κ3) is 2.56. The van der Waals surface area contributed by atoms with E-state index in [1.54, 1.807) is 11.3 Å². The number of thiophene rings is 1. The summed E-state index contributed by atoms with van der Waals surface area (Å²) in [6.07, 6.45) is 0.981. The third-order valence-corrected chi connectivity index (χ3v) is 4.81. The molecule has 0 bridgehead atoms. The van der Waals surface area contributed by atoms with Gasteiger partial charge in [-0.05, 0) is 42.5 Å². The van der Waals surface area contributed by atoms with Gasteiger partial charge in [-0.3, -0.25) is 4.79 Å². The van der Waals surface area contributed by atoms with Crippen molar-refractivity contribution in [3.05, 3.63) is 52.2 Å². The van der Waals surface area contributed by atoms with Gasteiger partial charge in [0.15, 0.2) is 0 Å². The van der Waals surface area contributed by atoms with Crippen LogP contribution in [-0.2, 0) is 11.2 Å². The largest absolute Gasteiger partial charge is 0.376 e. The minimum Gasteiger partial charge on any atom is -0.376 e. The fourth-order valence-electron chi connectivity index (χ4n) is 2.69. The molecule has 1 aromatic carbocycles. The Labute approximate surface area is 123 Å². The van der Waals surface area contributed by atoms with Gasteiger partial charge < -0.3 is 10.2 Å². The number of rotatable bonds is 3. The third-order valence-electron chi connectivity index (χ3n) is 3.82. The molecule has 1 atom stereocenters. The minimum atomic E-state index is 0.165. The van der Waals surface area contributed by atoms with Crippen molar-refractivity contribution < 1.29 is 4.79 Å². The van der Waals surface area contributed by atoms with E-state index in [4.69, 9.17) is 0 Å². The number of hydrogen-bond donors (Lipinski definition) is 1. The summed E-state index contributed by atoms with van der Waals surface area (Å²) < 4.78 is 0. The first-order valence-electron chi connectivity index (χ1n) is 6.90. The van der Waals surface area contributed by atoms with E-state index in [1.807, 2.05) is 35.2 Å². The van der Waals surface area contributed by atoms with Gasteiger partial charge in [-0.2, -0.15) is 0 Å². The van der Waals surface area contributed by atoms with Crippen LogP contribution in [0.25, 0.3) is 0 Å². The lowest BCUT2D eigenvalue weighted by molar-refractivity contribution is -0.131. The Balaban J connectivity index is 1.64. The Morgan fingerprint density at radius 2 is 2.15 bits per heavy atom. The second-order valence-electron chi connectivity index (χ2n) is 5.03. The van der Waals surface area contributed by atoms with E-state index >= 15 is 0 Å². The second kappa shape index (κ2) is 5.67. The van der Waals surface area contributed by atoms with Gasteiger partial charge in [-0.15, -0.1) is 11.3 Å². The number of carbonyl (C=O) groups excluding carboxylic acids is 1. The lowest BCUT2D eigenvalue weighted by Crippen LogP contribution is -2.41. The molecule has 2 aromatic rings. The van der Waals surface area contributed by atoms with E-state index in [0.29, 0.717) is 6.54 Å². The summed E-state index contributed by atoms with van der Waals surface area (Å²) in [6, 6.07) is 12.2. The fraction of sp³-hybridized carbons (Fsp3) is 0.312. The summed E-state index contributed by atoms with van der Waals surface area (Å²) in [5.41, 5.74) is 2.30. The zero-order valence-corrected chi connectivity index (χ0v) is 12.3. The summed E-state index contributed by atoms with van der Waals surface area (Å²) in [5, 5.41) is 5.31. The van der Waals surface area contributed by atoms with Gasteiger partial charge in [-0.1, -0.05) is 18.2 Å². The van der Waals surface area contributed by atoms with Gasteiger partial charge in [0.1, 0.15) is 0 Å². The van der Waals surface area contributed by atoms with E-state index in [0.717, 1.165) is 18.7 Å². The van der Waals surface area contributed by atoms with Crippen molar-refractivity contribution in [2.24, 2.45) is 0 Å². The topological polar surface area (TPSA) is 32.3 Å². The summed E-state index contributed by atoms with van der Waals surface area (Å²) in [5.74, 6) is 0.165. The van der Waals surface area contributed by atoms with Crippen LogP contribution in [0.3, 0.4) is 0 Å². The van der Waals surface area contributed by atoms with Crippen molar-refractivity contribution in [1.82, 2.24) is 4.90 Å². The van der Waals surface area contributed by atoms with Crippen molar-refractivity contribution in [1.29, 1.82) is 0 Å². The van der Waals surface area contributed by atoms with Crippen molar-refractivity contribution in [2.75, 3.05) is 18.4 Å². The number of para-hydroxylation sites is 1. The Morgan fingerprint density at radius 1 is 1.35 bits per heavy atom. The van der Waals surface area contributed by atoms with Crippen molar-refractivity contribution >= 4 is 22.9 Å². The molecule has 1 aliphatic rings. The Morgan fingerprint density at radius 3 is 2.95 bits per heavy atom. The normalized spacial score (nSPS) is 17.6. The Kier molecular flexibility index (Phi) is 3.74. The summed E-state index contributed by atoms with van der Waals surface area (Å²) in [7, 11) is 0. The molecule has 0 spiro atoms. The van der Waals surface area contributed by atoms with Crippen LogP contribution < -0.4 is 5.32 Å². The lowest BCUT2D eigenvalue weighted by Gasteiger charge is -2.33. The number of fused-ring (bicyclic) bond motifs is 1. The summed E-state index contributed by atoms with van der Waals surface area (Å²) in [4.78, 5) is 15.8. The van der Waals surface area contributed by atoms with E-state index < -0.39 is 0 Å². The highest BCUT2D eigenvalue weighted by molar-refractivity contribution is 7.10. The van der Waals surface area contributed by atoms with Crippen LogP contribution in [-0.4, -0.2) is 23.9 Å². The van der Waals surface area contributed by atoms with Crippen molar-refractivity contribution in [2.45, 2.75) is 19.4 Å². The average molecular weight is 286 g/mol. The molecule has 0 fully saturated rings. The number of benzene rings is 1. The van der Waals surface area contributed by atoms with Gasteiger partial charge >= 0.3 is 0 Å². The molecule has 1 N–H and O–H groups in total. The zero-order valence-electron chi connectivity index (χ0n) is 11.5. The van der Waals surface area contributed by atoms with Crippen molar-refractivity contribution in [3.8, 4) is 0 Å². The molecule has 1 aromatic heterocycles. The molecule has 104 valence electrons. The molecule has 3 rings (SSSR count). The Hall–Kier alpha value is -1.81. The molecule has 1 aliphatic heterocycles. The molecule has 0 aliphatic carbocycles. The lowest BCUT2D eigenvalue weighted by atomic mass is 10.0. The molecule has 0 saturated heterocycles. The van der Waals surface area contributed by atoms with Gasteiger partial charge in [-0.25, -0.2) is 0 Å². The minimum absolute atomic E-state index is 0.165. The first-order valence-corrected chi connectivity index (χ1v) is 7.78. The maximum atomic E-state index is 12.4. The number of carbonyl (C=O) groups is 1. The van der Waals surface area contributed by atoms with Crippen LogP contribution in [0.2, 0.25) is 0 Å².